The van der Waals surface area contributed by atoms with Crippen LogP contribution < -0.4 is 9.47 Å². The largest absolute Gasteiger partial charge is 0.478 e. The summed E-state index contributed by atoms with van der Waals surface area (Å²) in [5, 5.41) is 9.60. The van der Waals surface area contributed by atoms with Gasteiger partial charge in [-0.2, -0.15) is 4.98 Å². The van der Waals surface area contributed by atoms with Crippen LogP contribution in [0.4, 0.5) is 0 Å². The Morgan fingerprint density at radius 2 is 1.26 bits per heavy atom. The Bertz CT molecular complexity index is 1160. The van der Waals surface area contributed by atoms with Crippen molar-refractivity contribution in [1.29, 1.82) is 0 Å². The van der Waals surface area contributed by atoms with Crippen LogP contribution in [-0.4, -0.2) is 16.1 Å². The van der Waals surface area contributed by atoms with Crippen molar-refractivity contribution in [3.05, 3.63) is 114 Å². The van der Waals surface area contributed by atoms with Gasteiger partial charge in [0.05, 0.1) is 5.56 Å². The fourth-order valence-electron chi connectivity index (χ4n) is 3.18. The lowest BCUT2D eigenvalue weighted by Gasteiger charge is -2.14. The molecule has 0 amide bonds. The van der Waals surface area contributed by atoms with Gasteiger partial charge in [-0.1, -0.05) is 78.9 Å². The van der Waals surface area contributed by atoms with Gasteiger partial charge in [0.2, 0.25) is 11.8 Å². The normalized spacial score (nSPS) is 10.5. The molecule has 5 nitrogen and oxygen atoms in total. The first kappa shape index (κ1) is 20.2. The molecule has 1 heterocycles. The third-order valence-electron chi connectivity index (χ3n) is 4.73. The molecule has 0 atom stereocenters. The number of aromatic nitrogens is 1. The first-order valence-electron chi connectivity index (χ1n) is 9.88. The summed E-state index contributed by atoms with van der Waals surface area (Å²) in [7, 11) is 0. The van der Waals surface area contributed by atoms with E-state index in [0.29, 0.717) is 36.1 Å². The number of hydrogen-bond donors (Lipinski definition) is 1. The summed E-state index contributed by atoms with van der Waals surface area (Å²) in [5.41, 5.74) is 3.33. The van der Waals surface area contributed by atoms with Gasteiger partial charge in [-0.05, 0) is 23.3 Å². The minimum atomic E-state index is -1.01. The number of carbonyl (C=O) groups is 1. The number of carboxylic acid groups (broad SMARTS) is 1. The highest BCUT2D eigenvalue weighted by Gasteiger charge is 2.17. The van der Waals surface area contributed by atoms with Crippen LogP contribution in [0.15, 0.2) is 97.1 Å². The van der Waals surface area contributed by atoms with Crippen molar-refractivity contribution in [2.75, 3.05) is 0 Å². The molecule has 31 heavy (non-hydrogen) atoms. The van der Waals surface area contributed by atoms with Crippen LogP contribution >= 0.6 is 0 Å². The highest BCUT2D eigenvalue weighted by atomic mass is 16.5. The molecule has 0 radical (unpaired) electrons. The van der Waals surface area contributed by atoms with Crippen molar-refractivity contribution >= 4 is 5.97 Å². The Balaban J connectivity index is 1.65. The standard InChI is InChI=1S/C26H21NO4/c28-26(29)23-14-8-7-13-21(23)22-15-16-24(30-17-19-9-3-1-4-10-19)27-25(22)31-18-20-11-5-2-6-12-20/h1-16H,17-18H2,(H,28,29). The summed E-state index contributed by atoms with van der Waals surface area (Å²) in [5.74, 6) is -0.277. The molecule has 0 aliphatic rings. The highest BCUT2D eigenvalue weighted by Crippen LogP contribution is 2.33. The minimum absolute atomic E-state index is 0.187. The maximum atomic E-state index is 11.7. The van der Waals surface area contributed by atoms with Crippen LogP contribution in [0.25, 0.3) is 11.1 Å². The second kappa shape index (κ2) is 9.59. The number of benzene rings is 3. The summed E-state index contributed by atoms with van der Waals surface area (Å²) >= 11 is 0. The third-order valence-corrected chi connectivity index (χ3v) is 4.73. The second-order valence-electron chi connectivity index (χ2n) is 6.90. The maximum Gasteiger partial charge on any atom is 0.336 e. The van der Waals surface area contributed by atoms with E-state index in [1.165, 1.54) is 0 Å². The van der Waals surface area contributed by atoms with Gasteiger partial charge in [-0.3, -0.25) is 0 Å². The van der Waals surface area contributed by atoms with Gasteiger partial charge in [0, 0.05) is 17.2 Å². The van der Waals surface area contributed by atoms with Gasteiger partial charge >= 0.3 is 5.97 Å². The summed E-state index contributed by atoms with van der Waals surface area (Å²) in [6.45, 7) is 0.676. The monoisotopic (exact) mass is 411 g/mol. The smallest absolute Gasteiger partial charge is 0.336 e. The first-order valence-corrected chi connectivity index (χ1v) is 9.88. The van der Waals surface area contributed by atoms with Crippen molar-refractivity contribution in [2.24, 2.45) is 0 Å². The SMILES string of the molecule is O=C(O)c1ccccc1-c1ccc(OCc2ccccc2)nc1OCc1ccccc1. The zero-order valence-electron chi connectivity index (χ0n) is 16.8. The molecule has 0 spiro atoms. The lowest BCUT2D eigenvalue weighted by molar-refractivity contribution is 0.0697. The quantitative estimate of drug-likeness (QED) is 0.408. The Labute approximate surface area is 180 Å². The van der Waals surface area contributed by atoms with E-state index >= 15 is 0 Å². The molecule has 0 unspecified atom stereocenters. The van der Waals surface area contributed by atoms with E-state index < -0.39 is 5.97 Å². The van der Waals surface area contributed by atoms with Crippen LogP contribution in [-0.2, 0) is 13.2 Å². The van der Waals surface area contributed by atoms with E-state index in [1.54, 1.807) is 36.4 Å². The number of rotatable bonds is 8. The molecule has 154 valence electrons. The van der Waals surface area contributed by atoms with Gasteiger partial charge in [-0.15, -0.1) is 0 Å². The molecule has 5 heteroatoms. The fraction of sp³-hybridized carbons (Fsp3) is 0.0769. The third kappa shape index (κ3) is 5.08. The Hall–Kier alpha value is -4.12. The zero-order chi connectivity index (χ0) is 21.5. The van der Waals surface area contributed by atoms with Gasteiger partial charge in [0.25, 0.3) is 0 Å². The molecule has 0 aliphatic heterocycles. The molecule has 0 aliphatic carbocycles. The molecule has 0 saturated heterocycles. The van der Waals surface area contributed by atoms with E-state index in [-0.39, 0.29) is 5.56 Å². The van der Waals surface area contributed by atoms with E-state index in [9.17, 15) is 9.90 Å². The minimum Gasteiger partial charge on any atom is -0.478 e. The lowest BCUT2D eigenvalue weighted by Crippen LogP contribution is -2.04. The average molecular weight is 411 g/mol. The zero-order valence-corrected chi connectivity index (χ0v) is 16.8. The second-order valence-corrected chi connectivity index (χ2v) is 6.90. The van der Waals surface area contributed by atoms with Crippen LogP contribution in [0.1, 0.15) is 21.5 Å². The molecule has 0 fully saturated rings. The molecular formula is C26H21NO4. The Morgan fingerprint density at radius 3 is 1.90 bits per heavy atom. The predicted molar refractivity (Wildman–Crippen MR) is 118 cm³/mol. The van der Waals surface area contributed by atoms with Gasteiger partial charge in [0.1, 0.15) is 13.2 Å². The number of nitrogens with zero attached hydrogens (tertiary/aromatic N) is 1. The molecule has 4 aromatic rings. The van der Waals surface area contributed by atoms with E-state index in [1.807, 2.05) is 60.7 Å². The summed E-state index contributed by atoms with van der Waals surface area (Å²) in [6, 6.07) is 29.9. The summed E-state index contributed by atoms with van der Waals surface area (Å²) in [6.07, 6.45) is 0. The molecule has 0 saturated carbocycles. The Kier molecular flexibility index (Phi) is 6.24. The van der Waals surface area contributed by atoms with Crippen molar-refractivity contribution < 1.29 is 19.4 Å². The number of hydrogen-bond acceptors (Lipinski definition) is 4. The van der Waals surface area contributed by atoms with E-state index in [4.69, 9.17) is 9.47 Å². The summed E-state index contributed by atoms with van der Waals surface area (Å²) < 4.78 is 11.9. The van der Waals surface area contributed by atoms with Crippen molar-refractivity contribution in [3.63, 3.8) is 0 Å². The van der Waals surface area contributed by atoms with Crippen LogP contribution in [0.5, 0.6) is 11.8 Å². The molecule has 3 aromatic carbocycles. The first-order chi connectivity index (χ1) is 15.2. The lowest BCUT2D eigenvalue weighted by atomic mass is 10.0. The number of aromatic carboxylic acids is 1. The topological polar surface area (TPSA) is 68.7 Å². The molecule has 1 aromatic heterocycles. The van der Waals surface area contributed by atoms with E-state index in [2.05, 4.69) is 4.98 Å². The highest BCUT2D eigenvalue weighted by molar-refractivity contribution is 5.96. The van der Waals surface area contributed by atoms with Gasteiger partial charge < -0.3 is 14.6 Å². The van der Waals surface area contributed by atoms with E-state index in [0.717, 1.165) is 11.1 Å². The van der Waals surface area contributed by atoms with Gasteiger partial charge in [0.15, 0.2) is 0 Å². The van der Waals surface area contributed by atoms with Crippen LogP contribution in [0.3, 0.4) is 0 Å². The Morgan fingerprint density at radius 1 is 0.677 bits per heavy atom. The van der Waals surface area contributed by atoms with Gasteiger partial charge in [-0.25, -0.2) is 4.79 Å². The molecule has 0 bridgehead atoms. The average Bonchev–Trinajstić information content (AvgIpc) is 2.83. The summed E-state index contributed by atoms with van der Waals surface area (Å²) in [4.78, 5) is 16.3. The number of pyridine rings is 1. The molecule has 1 N–H and O–H groups in total. The van der Waals surface area contributed by atoms with Crippen LogP contribution in [0, 0.1) is 0 Å². The fourth-order valence-corrected chi connectivity index (χ4v) is 3.18. The van der Waals surface area contributed by atoms with Crippen molar-refractivity contribution in [3.8, 4) is 22.9 Å². The predicted octanol–water partition coefficient (Wildman–Crippen LogP) is 5.60. The molecule has 4 rings (SSSR count). The van der Waals surface area contributed by atoms with Crippen molar-refractivity contribution in [1.82, 2.24) is 4.98 Å². The number of ether oxygens (including phenoxy) is 2. The molecular weight excluding hydrogens is 390 g/mol. The maximum absolute atomic E-state index is 11.7. The van der Waals surface area contributed by atoms with Crippen LogP contribution in [0.2, 0.25) is 0 Å². The van der Waals surface area contributed by atoms with Crippen molar-refractivity contribution in [2.45, 2.75) is 13.2 Å². The number of carboxylic acids is 1.